The smallest absolute Gasteiger partial charge is 0.324 e. The fourth-order valence-corrected chi connectivity index (χ4v) is 3.02. The third-order valence-electron chi connectivity index (χ3n) is 4.62. The van der Waals surface area contributed by atoms with E-state index in [4.69, 9.17) is 9.26 Å². The number of hydrogen-bond donors (Lipinski definition) is 3. The van der Waals surface area contributed by atoms with Gasteiger partial charge in [-0.3, -0.25) is 10.1 Å². The number of aryl methyl sites for hydroxylation is 2. The number of carbonyl (C=O) groups is 2. The lowest BCUT2D eigenvalue weighted by Crippen LogP contribution is -2.19. The van der Waals surface area contributed by atoms with E-state index in [1.54, 1.807) is 30.3 Å². The van der Waals surface area contributed by atoms with Gasteiger partial charge >= 0.3 is 6.03 Å². The molecule has 9 heteroatoms. The summed E-state index contributed by atoms with van der Waals surface area (Å²) in [6.07, 6.45) is 0. The maximum absolute atomic E-state index is 12.7. The van der Waals surface area contributed by atoms with Crippen molar-refractivity contribution in [3.63, 3.8) is 0 Å². The van der Waals surface area contributed by atoms with Crippen molar-refractivity contribution in [1.29, 1.82) is 0 Å². The molecular weight excluding hydrogens is 410 g/mol. The minimum absolute atomic E-state index is 0.207. The maximum Gasteiger partial charge on any atom is 0.324 e. The Morgan fingerprint density at radius 2 is 1.59 bits per heavy atom. The fourth-order valence-electron chi connectivity index (χ4n) is 3.02. The molecular formula is C23H27N5O4. The number of urea groups is 1. The molecule has 0 spiro atoms. The number of carbonyl (C=O) groups excluding carboxylic acids is 2. The average Bonchev–Trinajstić information content (AvgIpc) is 3.17. The molecule has 0 bridgehead atoms. The normalized spacial score (nSPS) is 11.1. The summed E-state index contributed by atoms with van der Waals surface area (Å²) in [7, 11) is 1.48. The van der Waals surface area contributed by atoms with E-state index in [0.717, 1.165) is 11.3 Å². The lowest BCUT2D eigenvalue weighted by atomic mass is 9.93. The van der Waals surface area contributed by atoms with E-state index in [9.17, 15) is 9.59 Å². The van der Waals surface area contributed by atoms with Crippen LogP contribution in [0, 0.1) is 13.8 Å². The van der Waals surface area contributed by atoms with Crippen LogP contribution >= 0.6 is 0 Å². The van der Waals surface area contributed by atoms with Gasteiger partial charge in [0.2, 0.25) is 5.88 Å². The molecule has 0 radical (unpaired) electrons. The fraction of sp³-hybridized carbons (Fsp3) is 0.304. The zero-order valence-corrected chi connectivity index (χ0v) is 19.0. The average molecular weight is 438 g/mol. The maximum atomic E-state index is 12.7. The van der Waals surface area contributed by atoms with Gasteiger partial charge in [0.15, 0.2) is 5.82 Å². The van der Waals surface area contributed by atoms with Gasteiger partial charge in [0.25, 0.3) is 5.91 Å². The van der Waals surface area contributed by atoms with Gasteiger partial charge in [-0.2, -0.15) is 0 Å². The number of methoxy groups -OCH3 is 1. The summed E-state index contributed by atoms with van der Waals surface area (Å²) in [4.78, 5) is 29.2. The first-order chi connectivity index (χ1) is 15.1. The summed E-state index contributed by atoms with van der Waals surface area (Å²) in [5.74, 6) is 0.944. The highest BCUT2D eigenvalue weighted by Gasteiger charge is 2.20. The van der Waals surface area contributed by atoms with E-state index in [1.165, 1.54) is 7.11 Å². The minimum Gasteiger partial charge on any atom is -0.480 e. The van der Waals surface area contributed by atoms with E-state index in [2.05, 4.69) is 26.1 Å². The van der Waals surface area contributed by atoms with Gasteiger partial charge in [0.05, 0.1) is 7.11 Å². The summed E-state index contributed by atoms with van der Waals surface area (Å²) in [5.41, 5.74) is 2.82. The van der Waals surface area contributed by atoms with E-state index < -0.39 is 6.03 Å². The lowest BCUT2D eigenvalue weighted by Gasteiger charge is -2.12. The molecule has 0 fully saturated rings. The van der Waals surface area contributed by atoms with Gasteiger partial charge in [0, 0.05) is 28.6 Å². The first-order valence-electron chi connectivity index (χ1n) is 10.1. The van der Waals surface area contributed by atoms with Crippen LogP contribution in [0.4, 0.5) is 22.0 Å². The molecule has 2 heterocycles. The quantitative estimate of drug-likeness (QED) is 0.523. The standard InChI is InChI=1S/C23H27N5O4/c1-13-11-14(2)24-21(31-6)19(13)20(29)25-15-7-9-16(10-8-15)26-22(30)27-18-12-17(32-28-18)23(3,4)5/h7-12H,1-6H3,(H,25,29)(H2,26,27,28,30). The molecule has 0 atom stereocenters. The Kier molecular flexibility index (Phi) is 6.47. The van der Waals surface area contributed by atoms with Crippen molar-refractivity contribution in [2.24, 2.45) is 0 Å². The van der Waals surface area contributed by atoms with Gasteiger partial charge in [-0.15, -0.1) is 0 Å². The van der Waals surface area contributed by atoms with Crippen LogP contribution in [-0.4, -0.2) is 29.2 Å². The summed E-state index contributed by atoms with van der Waals surface area (Å²) in [6, 6.07) is 9.78. The highest BCUT2D eigenvalue weighted by molar-refractivity contribution is 6.07. The number of pyridine rings is 1. The minimum atomic E-state index is -0.457. The Labute approximate surface area is 186 Å². The summed E-state index contributed by atoms with van der Waals surface area (Å²) in [5, 5.41) is 12.0. The van der Waals surface area contributed by atoms with Gasteiger partial charge in [-0.1, -0.05) is 25.9 Å². The van der Waals surface area contributed by atoms with Crippen LogP contribution in [0.2, 0.25) is 0 Å². The molecule has 3 N–H and O–H groups in total. The van der Waals surface area contributed by atoms with Crippen molar-refractivity contribution in [2.75, 3.05) is 23.1 Å². The molecule has 0 saturated carbocycles. The third kappa shape index (κ3) is 5.42. The van der Waals surface area contributed by atoms with Crippen molar-refractivity contribution in [2.45, 2.75) is 40.0 Å². The van der Waals surface area contributed by atoms with Gasteiger partial charge < -0.3 is 19.9 Å². The van der Waals surface area contributed by atoms with E-state index in [-0.39, 0.29) is 17.2 Å². The second-order valence-electron chi connectivity index (χ2n) is 8.40. The first-order valence-corrected chi connectivity index (χ1v) is 10.1. The number of nitrogens with one attached hydrogen (secondary N) is 3. The Bertz CT molecular complexity index is 1130. The molecule has 0 aliphatic carbocycles. The van der Waals surface area contributed by atoms with E-state index >= 15 is 0 Å². The Morgan fingerprint density at radius 1 is 0.969 bits per heavy atom. The van der Waals surface area contributed by atoms with E-state index in [0.29, 0.717) is 28.5 Å². The van der Waals surface area contributed by atoms with Crippen molar-refractivity contribution >= 4 is 29.1 Å². The molecule has 0 aliphatic rings. The monoisotopic (exact) mass is 437 g/mol. The number of anilines is 3. The molecule has 0 saturated heterocycles. The molecule has 3 rings (SSSR count). The van der Waals surface area contributed by atoms with Crippen LogP contribution < -0.4 is 20.7 Å². The molecule has 3 amide bonds. The second-order valence-corrected chi connectivity index (χ2v) is 8.40. The molecule has 3 aromatic rings. The molecule has 168 valence electrons. The Hall–Kier alpha value is -3.88. The molecule has 0 aliphatic heterocycles. The Balaban J connectivity index is 1.62. The molecule has 0 unspecified atom stereocenters. The highest BCUT2D eigenvalue weighted by atomic mass is 16.5. The summed E-state index contributed by atoms with van der Waals surface area (Å²) < 4.78 is 10.5. The van der Waals surface area contributed by atoms with Crippen molar-refractivity contribution in [3.05, 3.63) is 59.0 Å². The van der Waals surface area contributed by atoms with Crippen LogP contribution in [0.3, 0.4) is 0 Å². The first kappa shape index (κ1) is 22.8. The van der Waals surface area contributed by atoms with Crippen LogP contribution in [0.25, 0.3) is 0 Å². The number of nitrogens with zero attached hydrogens (tertiary/aromatic N) is 2. The lowest BCUT2D eigenvalue weighted by molar-refractivity contribution is 0.102. The van der Waals surface area contributed by atoms with Crippen LogP contribution in [0.1, 0.15) is 48.1 Å². The predicted octanol–water partition coefficient (Wildman–Crippen LogP) is 4.89. The number of aromatic nitrogens is 2. The topological polar surface area (TPSA) is 118 Å². The number of hydrogen-bond acceptors (Lipinski definition) is 6. The molecule has 32 heavy (non-hydrogen) atoms. The van der Waals surface area contributed by atoms with Gasteiger partial charge in [0.1, 0.15) is 11.3 Å². The molecule has 9 nitrogen and oxygen atoms in total. The van der Waals surface area contributed by atoms with Crippen LogP contribution in [0.5, 0.6) is 5.88 Å². The van der Waals surface area contributed by atoms with E-state index in [1.807, 2.05) is 40.7 Å². The van der Waals surface area contributed by atoms with Gasteiger partial charge in [-0.25, -0.2) is 9.78 Å². The van der Waals surface area contributed by atoms with Crippen molar-refractivity contribution < 1.29 is 18.8 Å². The van der Waals surface area contributed by atoms with Crippen LogP contribution in [-0.2, 0) is 5.41 Å². The number of amides is 3. The van der Waals surface area contributed by atoms with Gasteiger partial charge in [-0.05, 0) is 49.7 Å². The number of rotatable bonds is 5. The summed E-state index contributed by atoms with van der Waals surface area (Å²) in [6.45, 7) is 9.64. The second kappa shape index (κ2) is 9.09. The predicted molar refractivity (Wildman–Crippen MR) is 123 cm³/mol. The SMILES string of the molecule is COc1nc(C)cc(C)c1C(=O)Nc1ccc(NC(=O)Nc2cc(C(C)(C)C)on2)cc1. The Morgan fingerprint density at radius 3 is 2.16 bits per heavy atom. The zero-order chi connectivity index (χ0) is 23.5. The van der Waals surface area contributed by atoms with Crippen molar-refractivity contribution in [3.8, 4) is 5.88 Å². The highest BCUT2D eigenvalue weighted by Crippen LogP contribution is 2.25. The number of ether oxygens (including phenoxy) is 1. The van der Waals surface area contributed by atoms with Crippen molar-refractivity contribution in [1.82, 2.24) is 10.1 Å². The largest absolute Gasteiger partial charge is 0.480 e. The third-order valence-corrected chi connectivity index (χ3v) is 4.62. The molecule has 2 aromatic heterocycles. The molecule has 1 aromatic carbocycles. The number of benzene rings is 1. The zero-order valence-electron chi connectivity index (χ0n) is 19.0. The summed E-state index contributed by atoms with van der Waals surface area (Å²) >= 11 is 0. The van der Waals surface area contributed by atoms with Crippen LogP contribution in [0.15, 0.2) is 40.9 Å².